The average molecular weight is 557 g/mol. The van der Waals surface area contributed by atoms with Crippen LogP contribution in [0.2, 0.25) is 0 Å². The summed E-state index contributed by atoms with van der Waals surface area (Å²) in [6.45, 7) is 16.6. The van der Waals surface area contributed by atoms with Crippen LogP contribution in [0.25, 0.3) is 22.3 Å². The molecule has 1 nitrogen and oxygen atoms in total. The van der Waals surface area contributed by atoms with Gasteiger partial charge in [-0.15, -0.1) is 0 Å². The molecule has 0 atom stereocenters. The fraction of sp³-hybridized carbons (Fsp3) is 0.538. The van der Waals surface area contributed by atoms with Crippen molar-refractivity contribution in [2.75, 3.05) is 6.61 Å². The van der Waals surface area contributed by atoms with E-state index in [0.29, 0.717) is 17.4 Å². The molecule has 222 valence electrons. The van der Waals surface area contributed by atoms with Gasteiger partial charge in [0.1, 0.15) is 11.6 Å². The highest BCUT2D eigenvalue weighted by Gasteiger charge is 2.22. The lowest BCUT2D eigenvalue weighted by molar-refractivity contribution is 0.236. The number of hydrogen-bond donors (Lipinski definition) is 0. The van der Waals surface area contributed by atoms with Crippen LogP contribution in [0, 0.1) is 17.7 Å². The van der Waals surface area contributed by atoms with Crippen molar-refractivity contribution in [2.24, 2.45) is 11.8 Å². The lowest BCUT2D eigenvalue weighted by atomic mass is 9.79. The van der Waals surface area contributed by atoms with E-state index in [1.807, 2.05) is 12.1 Å². The highest BCUT2D eigenvalue weighted by atomic mass is 19.1. The van der Waals surface area contributed by atoms with Crippen molar-refractivity contribution >= 4 is 0 Å². The molecule has 0 N–H and O–H groups in total. The lowest BCUT2D eigenvalue weighted by Gasteiger charge is -2.26. The van der Waals surface area contributed by atoms with Crippen LogP contribution in [-0.4, -0.2) is 6.61 Å². The highest BCUT2D eigenvalue weighted by Crippen LogP contribution is 2.41. The van der Waals surface area contributed by atoms with Gasteiger partial charge in [0.2, 0.25) is 0 Å². The van der Waals surface area contributed by atoms with Gasteiger partial charge in [-0.3, -0.25) is 0 Å². The van der Waals surface area contributed by atoms with Gasteiger partial charge >= 0.3 is 0 Å². The molecule has 1 fully saturated rings. The van der Waals surface area contributed by atoms with Crippen molar-refractivity contribution in [3.63, 3.8) is 0 Å². The molecule has 0 aromatic heterocycles. The molecule has 1 saturated carbocycles. The van der Waals surface area contributed by atoms with Crippen molar-refractivity contribution in [1.29, 1.82) is 0 Å². The van der Waals surface area contributed by atoms with Crippen LogP contribution in [0.4, 0.5) is 4.39 Å². The Balaban J connectivity index is 1.71. The van der Waals surface area contributed by atoms with Crippen LogP contribution < -0.4 is 4.74 Å². The summed E-state index contributed by atoms with van der Waals surface area (Å²) in [5.74, 6) is 2.92. The summed E-state index contributed by atoms with van der Waals surface area (Å²) < 4.78 is 22.1. The summed E-state index contributed by atoms with van der Waals surface area (Å²) in [7, 11) is 0. The lowest BCUT2D eigenvalue weighted by Crippen LogP contribution is -2.13. The van der Waals surface area contributed by atoms with Crippen LogP contribution >= 0.6 is 0 Å². The first-order chi connectivity index (χ1) is 19.9. The molecule has 4 rings (SSSR count). The summed E-state index contributed by atoms with van der Waals surface area (Å²) in [4.78, 5) is 0. The molecule has 0 bridgehead atoms. The molecule has 0 saturated heterocycles. The Morgan fingerprint density at radius 2 is 1.37 bits per heavy atom. The van der Waals surface area contributed by atoms with Crippen LogP contribution in [-0.2, 0) is 25.7 Å². The SMILES string of the molecule is CCc1cc(-c2ccc(C3CCC(C)CC3)cc2F)ccc1-c1cc(CC)c(OCC(CC)CC)c(CC)c1CC. The number of hydrogen-bond acceptors (Lipinski definition) is 1. The first-order valence-electron chi connectivity index (χ1n) is 16.6. The smallest absolute Gasteiger partial charge is 0.131 e. The third-order valence-electron chi connectivity index (χ3n) is 9.85. The van der Waals surface area contributed by atoms with Gasteiger partial charge in [0.25, 0.3) is 0 Å². The second-order valence-electron chi connectivity index (χ2n) is 12.3. The fourth-order valence-electron chi connectivity index (χ4n) is 6.94. The van der Waals surface area contributed by atoms with Crippen LogP contribution in [0.3, 0.4) is 0 Å². The molecule has 0 spiro atoms. The summed E-state index contributed by atoms with van der Waals surface area (Å²) in [6.07, 6.45) is 10.9. The van der Waals surface area contributed by atoms with Gasteiger partial charge in [-0.2, -0.15) is 0 Å². The third kappa shape index (κ3) is 6.90. The minimum absolute atomic E-state index is 0.0920. The van der Waals surface area contributed by atoms with Crippen molar-refractivity contribution in [1.82, 2.24) is 0 Å². The first-order valence-corrected chi connectivity index (χ1v) is 16.6. The molecule has 1 aliphatic rings. The molecule has 2 heteroatoms. The van der Waals surface area contributed by atoms with E-state index in [-0.39, 0.29) is 5.82 Å². The number of benzene rings is 3. The standard InChI is InChI=1S/C39H53FO/c1-8-27(9-2)25-41-39-29(11-4)23-37(33(12-5)34(39)13-6)35-20-19-32(22-28(35)10-3)36-21-18-31(24-38(36)40)30-16-14-26(7)15-17-30/h18-24,26-27,30H,8-17,25H2,1-7H3. The van der Waals surface area contributed by atoms with Crippen molar-refractivity contribution in [3.05, 3.63) is 76.1 Å². The average Bonchev–Trinajstić information content (AvgIpc) is 3.00. The summed E-state index contributed by atoms with van der Waals surface area (Å²) >= 11 is 0. The molecule has 0 aliphatic heterocycles. The van der Waals surface area contributed by atoms with Crippen molar-refractivity contribution in [3.8, 4) is 28.0 Å². The zero-order valence-electron chi connectivity index (χ0n) is 26.8. The van der Waals surface area contributed by atoms with Gasteiger partial charge in [-0.25, -0.2) is 4.39 Å². The molecular weight excluding hydrogens is 503 g/mol. The normalized spacial score (nSPS) is 17.3. The summed E-state index contributed by atoms with van der Waals surface area (Å²) in [5, 5.41) is 0. The van der Waals surface area contributed by atoms with E-state index >= 15 is 4.39 Å². The zero-order chi connectivity index (χ0) is 29.5. The van der Waals surface area contributed by atoms with Gasteiger partial charge in [0, 0.05) is 5.56 Å². The number of aryl methyl sites for hydroxylation is 2. The van der Waals surface area contributed by atoms with E-state index < -0.39 is 0 Å². The van der Waals surface area contributed by atoms with Crippen molar-refractivity contribution < 1.29 is 9.13 Å². The van der Waals surface area contributed by atoms with Gasteiger partial charge in [0.15, 0.2) is 0 Å². The Labute approximate surface area is 249 Å². The summed E-state index contributed by atoms with van der Waals surface area (Å²) in [6, 6.07) is 15.0. The highest BCUT2D eigenvalue weighted by molar-refractivity contribution is 5.78. The number of rotatable bonds is 12. The van der Waals surface area contributed by atoms with Gasteiger partial charge < -0.3 is 4.74 Å². The van der Waals surface area contributed by atoms with Crippen LogP contribution in [0.15, 0.2) is 42.5 Å². The van der Waals surface area contributed by atoms with Crippen LogP contribution in [0.5, 0.6) is 5.75 Å². The molecular formula is C39H53FO. The second-order valence-corrected chi connectivity index (χ2v) is 12.3. The predicted molar refractivity (Wildman–Crippen MR) is 175 cm³/mol. The molecule has 0 unspecified atom stereocenters. The Morgan fingerprint density at radius 3 is 1.95 bits per heavy atom. The third-order valence-corrected chi connectivity index (χ3v) is 9.85. The first kappa shape index (κ1) is 31.3. The minimum atomic E-state index is -0.0920. The Hall–Kier alpha value is -2.61. The number of halogens is 1. The van der Waals surface area contributed by atoms with Gasteiger partial charge in [-0.05, 0) is 113 Å². The van der Waals surface area contributed by atoms with E-state index in [0.717, 1.165) is 62.4 Å². The molecule has 3 aromatic carbocycles. The molecule has 0 radical (unpaired) electrons. The number of ether oxygens (including phenoxy) is 1. The zero-order valence-corrected chi connectivity index (χ0v) is 26.8. The Kier molecular flexibility index (Phi) is 11.1. The molecule has 3 aromatic rings. The maximum atomic E-state index is 15.6. The summed E-state index contributed by atoms with van der Waals surface area (Å²) in [5.41, 5.74) is 10.8. The Bertz CT molecular complexity index is 1290. The molecule has 0 amide bonds. The van der Waals surface area contributed by atoms with Crippen molar-refractivity contribution in [2.45, 2.75) is 119 Å². The minimum Gasteiger partial charge on any atom is -0.493 e. The molecule has 1 aliphatic carbocycles. The topological polar surface area (TPSA) is 9.23 Å². The maximum Gasteiger partial charge on any atom is 0.131 e. The maximum absolute atomic E-state index is 15.6. The van der Waals surface area contributed by atoms with E-state index in [2.05, 4.69) is 78.8 Å². The van der Waals surface area contributed by atoms with E-state index in [9.17, 15) is 0 Å². The molecule has 41 heavy (non-hydrogen) atoms. The van der Waals surface area contributed by atoms with E-state index in [4.69, 9.17) is 4.74 Å². The van der Waals surface area contributed by atoms with Gasteiger partial charge in [-0.1, -0.05) is 104 Å². The monoisotopic (exact) mass is 556 g/mol. The quantitative estimate of drug-likeness (QED) is 0.215. The molecule has 0 heterocycles. The van der Waals surface area contributed by atoms with Gasteiger partial charge in [0.05, 0.1) is 6.61 Å². The largest absolute Gasteiger partial charge is 0.493 e. The second kappa shape index (κ2) is 14.5. The van der Waals surface area contributed by atoms with Crippen LogP contribution in [0.1, 0.15) is 121 Å². The van der Waals surface area contributed by atoms with E-state index in [1.54, 1.807) is 0 Å². The Morgan fingerprint density at radius 1 is 0.707 bits per heavy atom. The van der Waals surface area contributed by atoms with E-state index in [1.165, 1.54) is 64.6 Å². The predicted octanol–water partition coefficient (Wildman–Crippen LogP) is 11.5. The fourth-order valence-corrected chi connectivity index (χ4v) is 6.94.